The monoisotopic (exact) mass is 149 g/mol. The molecule has 0 amide bonds. The first-order valence-electron chi connectivity index (χ1n) is 3.44. The van der Waals surface area contributed by atoms with E-state index >= 15 is 0 Å². The molecule has 0 fully saturated rings. The van der Waals surface area contributed by atoms with Gasteiger partial charge in [0.1, 0.15) is 0 Å². The maximum absolute atomic E-state index is 10.7. The van der Waals surface area contributed by atoms with E-state index in [0.717, 1.165) is 24.2 Å². The zero-order valence-electron chi connectivity index (χ0n) is 5.87. The SMILES string of the molecule is O=c1ncc2c([nH]1)CCN=C2. The van der Waals surface area contributed by atoms with Gasteiger partial charge in [-0.1, -0.05) is 0 Å². The van der Waals surface area contributed by atoms with E-state index in [2.05, 4.69) is 15.0 Å². The Morgan fingerprint density at radius 2 is 2.45 bits per heavy atom. The average molecular weight is 149 g/mol. The number of aromatic nitrogens is 2. The van der Waals surface area contributed by atoms with Crippen molar-refractivity contribution in [1.82, 2.24) is 9.97 Å². The van der Waals surface area contributed by atoms with E-state index in [1.807, 2.05) is 0 Å². The van der Waals surface area contributed by atoms with Gasteiger partial charge in [-0.3, -0.25) is 4.99 Å². The summed E-state index contributed by atoms with van der Waals surface area (Å²) in [7, 11) is 0. The number of fused-ring (bicyclic) bond motifs is 1. The molecule has 2 rings (SSSR count). The van der Waals surface area contributed by atoms with Crippen LogP contribution in [0.4, 0.5) is 0 Å². The smallest absolute Gasteiger partial charge is 0.309 e. The highest BCUT2D eigenvalue weighted by molar-refractivity contribution is 5.81. The zero-order chi connectivity index (χ0) is 7.68. The molecular weight excluding hydrogens is 142 g/mol. The van der Waals surface area contributed by atoms with E-state index in [1.165, 1.54) is 0 Å². The van der Waals surface area contributed by atoms with E-state index in [9.17, 15) is 4.79 Å². The van der Waals surface area contributed by atoms with Crippen molar-refractivity contribution in [3.8, 4) is 0 Å². The fraction of sp³-hybridized carbons (Fsp3) is 0.286. The third-order valence-electron chi connectivity index (χ3n) is 1.65. The van der Waals surface area contributed by atoms with Gasteiger partial charge in [0.25, 0.3) is 0 Å². The summed E-state index contributed by atoms with van der Waals surface area (Å²) in [5.74, 6) is 0. The van der Waals surface area contributed by atoms with Gasteiger partial charge in [-0.15, -0.1) is 0 Å². The summed E-state index contributed by atoms with van der Waals surface area (Å²) in [6.45, 7) is 0.757. The quantitative estimate of drug-likeness (QED) is 0.552. The van der Waals surface area contributed by atoms with Gasteiger partial charge in [0.15, 0.2) is 0 Å². The molecular formula is C7H7N3O. The van der Waals surface area contributed by atoms with Crippen LogP contribution in [0, 0.1) is 0 Å². The van der Waals surface area contributed by atoms with Crippen LogP contribution in [0.5, 0.6) is 0 Å². The lowest BCUT2D eigenvalue weighted by molar-refractivity contribution is 0.872. The third-order valence-corrected chi connectivity index (χ3v) is 1.65. The molecule has 0 aliphatic carbocycles. The molecule has 1 aromatic rings. The number of nitrogens with zero attached hydrogens (tertiary/aromatic N) is 2. The Bertz CT molecular complexity index is 353. The van der Waals surface area contributed by atoms with Gasteiger partial charge in [-0.05, 0) is 0 Å². The molecule has 2 heterocycles. The molecule has 4 nitrogen and oxygen atoms in total. The molecule has 11 heavy (non-hydrogen) atoms. The standard InChI is InChI=1S/C7H7N3O/c11-7-9-4-5-3-8-2-1-6(5)10-7/h3-4H,1-2H2,(H,9,10,11). The number of aromatic amines is 1. The number of hydrogen-bond acceptors (Lipinski definition) is 3. The molecule has 0 saturated carbocycles. The largest absolute Gasteiger partial charge is 0.345 e. The number of aliphatic imine (C=N–C) groups is 1. The van der Waals surface area contributed by atoms with E-state index < -0.39 is 0 Å². The fourth-order valence-electron chi connectivity index (χ4n) is 1.10. The molecule has 1 aliphatic heterocycles. The second-order valence-corrected chi connectivity index (χ2v) is 2.41. The van der Waals surface area contributed by atoms with Crippen molar-refractivity contribution in [1.29, 1.82) is 0 Å². The number of rotatable bonds is 0. The Labute approximate surface area is 63.0 Å². The Hall–Kier alpha value is -1.45. The number of H-pyrrole nitrogens is 1. The average Bonchev–Trinajstić information content (AvgIpc) is 2.04. The first-order chi connectivity index (χ1) is 5.36. The Kier molecular flexibility index (Phi) is 1.31. The van der Waals surface area contributed by atoms with Crippen LogP contribution < -0.4 is 5.69 Å². The van der Waals surface area contributed by atoms with Gasteiger partial charge in [-0.2, -0.15) is 0 Å². The van der Waals surface area contributed by atoms with Gasteiger partial charge in [0, 0.05) is 36.6 Å². The summed E-state index contributed by atoms with van der Waals surface area (Å²) in [5.41, 5.74) is 1.59. The molecule has 0 unspecified atom stereocenters. The van der Waals surface area contributed by atoms with E-state index in [1.54, 1.807) is 12.4 Å². The maximum atomic E-state index is 10.7. The minimum Gasteiger partial charge on any atom is -0.309 e. The molecule has 56 valence electrons. The van der Waals surface area contributed by atoms with Crippen molar-refractivity contribution in [3.05, 3.63) is 27.9 Å². The summed E-state index contributed by atoms with van der Waals surface area (Å²) in [5, 5.41) is 0. The highest BCUT2D eigenvalue weighted by Gasteiger charge is 2.04. The van der Waals surface area contributed by atoms with Crippen LogP contribution in [0.25, 0.3) is 0 Å². The highest BCUT2D eigenvalue weighted by Crippen LogP contribution is 2.04. The predicted molar refractivity (Wildman–Crippen MR) is 41.0 cm³/mol. The molecule has 0 radical (unpaired) electrons. The van der Waals surface area contributed by atoms with Crippen LogP contribution in [0.2, 0.25) is 0 Å². The lowest BCUT2D eigenvalue weighted by Crippen LogP contribution is -2.17. The van der Waals surface area contributed by atoms with E-state index in [0.29, 0.717) is 0 Å². The number of hydrogen-bond donors (Lipinski definition) is 1. The molecule has 1 N–H and O–H groups in total. The first kappa shape index (κ1) is 6.27. The molecule has 4 heteroatoms. The normalized spacial score (nSPS) is 14.5. The Morgan fingerprint density at radius 1 is 1.55 bits per heavy atom. The molecule has 1 aliphatic rings. The minimum atomic E-state index is -0.279. The maximum Gasteiger partial charge on any atom is 0.345 e. The van der Waals surface area contributed by atoms with Crippen molar-refractivity contribution in [2.24, 2.45) is 4.99 Å². The minimum absolute atomic E-state index is 0.279. The lowest BCUT2D eigenvalue weighted by Gasteiger charge is -2.06. The van der Waals surface area contributed by atoms with E-state index in [4.69, 9.17) is 0 Å². The highest BCUT2D eigenvalue weighted by atomic mass is 16.1. The van der Waals surface area contributed by atoms with Crippen molar-refractivity contribution < 1.29 is 0 Å². The van der Waals surface area contributed by atoms with Crippen molar-refractivity contribution in [2.45, 2.75) is 6.42 Å². The number of nitrogens with one attached hydrogen (secondary N) is 1. The van der Waals surface area contributed by atoms with Gasteiger partial charge in [0.2, 0.25) is 0 Å². The third kappa shape index (κ3) is 1.07. The summed E-state index contributed by atoms with van der Waals surface area (Å²) < 4.78 is 0. The van der Waals surface area contributed by atoms with Crippen molar-refractivity contribution in [3.63, 3.8) is 0 Å². The molecule has 0 saturated heterocycles. The van der Waals surface area contributed by atoms with Crippen LogP contribution >= 0.6 is 0 Å². The second kappa shape index (κ2) is 2.30. The lowest BCUT2D eigenvalue weighted by atomic mass is 10.1. The Balaban J connectivity index is 2.62. The van der Waals surface area contributed by atoms with Crippen LogP contribution in [-0.2, 0) is 6.42 Å². The fourth-order valence-corrected chi connectivity index (χ4v) is 1.10. The zero-order valence-corrected chi connectivity index (χ0v) is 5.87. The second-order valence-electron chi connectivity index (χ2n) is 2.41. The van der Waals surface area contributed by atoms with Crippen molar-refractivity contribution in [2.75, 3.05) is 6.54 Å². The predicted octanol–water partition coefficient (Wildman–Crippen LogP) is -0.255. The van der Waals surface area contributed by atoms with Crippen molar-refractivity contribution >= 4 is 6.21 Å². The summed E-state index contributed by atoms with van der Waals surface area (Å²) >= 11 is 0. The van der Waals surface area contributed by atoms with Crippen LogP contribution in [0.3, 0.4) is 0 Å². The summed E-state index contributed by atoms with van der Waals surface area (Å²) in [6.07, 6.45) is 4.10. The van der Waals surface area contributed by atoms with Gasteiger partial charge in [0.05, 0.1) is 0 Å². The van der Waals surface area contributed by atoms with Gasteiger partial charge in [-0.25, -0.2) is 9.78 Å². The molecule has 0 bridgehead atoms. The topological polar surface area (TPSA) is 58.1 Å². The van der Waals surface area contributed by atoms with Gasteiger partial charge < -0.3 is 4.98 Å². The van der Waals surface area contributed by atoms with Crippen LogP contribution in [-0.4, -0.2) is 22.7 Å². The first-order valence-corrected chi connectivity index (χ1v) is 3.44. The molecule has 0 aromatic carbocycles. The van der Waals surface area contributed by atoms with Gasteiger partial charge >= 0.3 is 5.69 Å². The molecule has 0 spiro atoms. The molecule has 0 atom stereocenters. The van der Waals surface area contributed by atoms with Crippen LogP contribution in [0.1, 0.15) is 11.3 Å². The van der Waals surface area contributed by atoms with E-state index in [-0.39, 0.29) is 5.69 Å². The summed E-state index contributed by atoms with van der Waals surface area (Å²) in [6, 6.07) is 0. The molecule has 1 aromatic heterocycles. The summed E-state index contributed by atoms with van der Waals surface area (Å²) in [4.78, 5) is 21.1. The van der Waals surface area contributed by atoms with Crippen LogP contribution in [0.15, 0.2) is 16.0 Å². The Morgan fingerprint density at radius 3 is 3.36 bits per heavy atom.